The van der Waals surface area contributed by atoms with Crippen LogP contribution in [0.5, 0.6) is 5.75 Å². The van der Waals surface area contributed by atoms with Crippen LogP contribution in [0.3, 0.4) is 0 Å². The van der Waals surface area contributed by atoms with Crippen LogP contribution in [0.15, 0.2) is 73.8 Å². The Labute approximate surface area is 383 Å². The molecular weight excluding hydrogens is 868 g/mol. The summed E-state index contributed by atoms with van der Waals surface area (Å²) >= 11 is 3.13. The van der Waals surface area contributed by atoms with E-state index >= 15 is 0 Å². The van der Waals surface area contributed by atoms with Crippen LogP contribution >= 0.6 is 15.9 Å². The minimum Gasteiger partial charge on any atom is -0.488 e. The number of rotatable bonds is 23. The number of alkyl halides is 1. The summed E-state index contributed by atoms with van der Waals surface area (Å²) in [6.07, 6.45) is 3.97. The molecule has 348 valence electrons. The van der Waals surface area contributed by atoms with Gasteiger partial charge in [-0.15, -0.1) is 13.2 Å². The molecule has 3 atom stereocenters. The lowest BCUT2D eigenvalue weighted by atomic mass is 9.96. The van der Waals surface area contributed by atoms with E-state index in [1.165, 1.54) is 13.8 Å². The largest absolute Gasteiger partial charge is 0.488 e. The molecule has 0 heterocycles. The van der Waals surface area contributed by atoms with Gasteiger partial charge in [0.2, 0.25) is 29.5 Å². The van der Waals surface area contributed by atoms with Crippen molar-refractivity contribution in [1.29, 1.82) is 0 Å². The van der Waals surface area contributed by atoms with Gasteiger partial charge >= 0.3 is 5.97 Å². The molecule has 63 heavy (non-hydrogen) atoms. The van der Waals surface area contributed by atoms with E-state index in [2.05, 4.69) is 55.7 Å². The van der Waals surface area contributed by atoms with Gasteiger partial charge in [0.1, 0.15) is 40.1 Å². The maximum atomic E-state index is 14.2. The molecular formula is C48H71BrN6O8. The third kappa shape index (κ3) is 19.1. The lowest BCUT2D eigenvalue weighted by molar-refractivity contribution is -0.159. The van der Waals surface area contributed by atoms with Gasteiger partial charge in [0.25, 0.3) is 0 Å². The molecule has 0 unspecified atom stereocenters. The zero-order chi connectivity index (χ0) is 47.9. The van der Waals surface area contributed by atoms with E-state index in [9.17, 15) is 28.8 Å². The number of benzene rings is 2. The molecule has 0 aliphatic rings. The normalized spacial score (nSPS) is 13.5. The summed E-state index contributed by atoms with van der Waals surface area (Å²) in [6, 6.07) is 11.3. The Morgan fingerprint density at radius 3 is 1.70 bits per heavy atom. The Bertz CT molecular complexity index is 1890. The van der Waals surface area contributed by atoms with Crippen molar-refractivity contribution in [3.63, 3.8) is 0 Å². The first-order valence-corrected chi connectivity index (χ1v) is 22.4. The molecule has 0 bridgehead atoms. The Morgan fingerprint density at radius 1 is 0.683 bits per heavy atom. The predicted molar refractivity (Wildman–Crippen MR) is 252 cm³/mol. The number of hydrogen-bond donors (Lipinski definition) is 5. The van der Waals surface area contributed by atoms with Crippen LogP contribution in [-0.2, 0) is 46.3 Å². The first-order valence-electron chi connectivity index (χ1n) is 21.3. The molecule has 0 aliphatic heterocycles. The van der Waals surface area contributed by atoms with Gasteiger partial charge in [-0.05, 0) is 123 Å². The molecule has 0 spiro atoms. The maximum absolute atomic E-state index is 14.2. The van der Waals surface area contributed by atoms with Crippen LogP contribution in [0, 0.1) is 5.92 Å². The Kier molecular flexibility index (Phi) is 20.3. The lowest BCUT2D eigenvalue weighted by Gasteiger charge is -2.35. The summed E-state index contributed by atoms with van der Waals surface area (Å²) in [5.41, 5.74) is -2.25. The van der Waals surface area contributed by atoms with E-state index in [1.807, 2.05) is 63.8 Å². The molecule has 5 amide bonds. The fourth-order valence-corrected chi connectivity index (χ4v) is 6.44. The molecule has 0 saturated heterocycles. The average Bonchev–Trinajstić information content (AvgIpc) is 3.15. The SMILES string of the molecule is C=CCN(CC=C)[C@@H](Cc1ccc(OC(C)(C)C)cc1)C(=O)NC(C)(C)C(=O)NC(C)(C)C(=O)N[C@@H](Cc1ccc(NC(=O)CBr)cc1)C(=O)N[C@@H](CC(C)C)C(=O)OC(C)(C)C. The molecule has 0 aromatic heterocycles. The number of nitrogens with zero attached hydrogens (tertiary/aromatic N) is 1. The Balaban J connectivity index is 2.38. The second-order valence-electron chi connectivity index (χ2n) is 19.1. The standard InChI is InChI=1S/C48H71BrN6O8/c1-15-25-55(26-16-2)38(29-33-19-23-35(24-20-33)62-45(5,6)7)41(58)53-48(13,14)44(61)54-47(11,12)43(60)52-36(28-32-17-21-34(22-18-32)50-39(56)30-49)40(57)51-37(27-31(3)4)42(59)63-46(8,9)10/h15-24,31,36-38H,1-2,25-30H2,3-14H3,(H,50,56)(H,51,57)(H,52,60)(H,53,58)(H,54,61)/t36-,37-,38-/m0/s1. The first-order chi connectivity index (χ1) is 29.1. The number of amides is 5. The second-order valence-corrected chi connectivity index (χ2v) is 19.7. The second kappa shape index (κ2) is 23.6. The van der Waals surface area contributed by atoms with Crippen molar-refractivity contribution >= 4 is 57.1 Å². The highest BCUT2D eigenvalue weighted by Crippen LogP contribution is 2.21. The summed E-state index contributed by atoms with van der Waals surface area (Å²) in [5, 5.41) is 14.1. The number of nitrogens with one attached hydrogen (secondary N) is 5. The highest BCUT2D eigenvalue weighted by Gasteiger charge is 2.40. The van der Waals surface area contributed by atoms with Crippen LogP contribution in [0.25, 0.3) is 0 Å². The molecule has 0 saturated carbocycles. The third-order valence-corrected chi connectivity index (χ3v) is 9.89. The fourth-order valence-electron chi connectivity index (χ4n) is 6.30. The minimum absolute atomic E-state index is 0.00180. The molecule has 0 fully saturated rings. The number of carbonyl (C=O) groups excluding carboxylic acids is 6. The van der Waals surface area contributed by atoms with Gasteiger partial charge in [0.15, 0.2) is 0 Å². The molecule has 2 aromatic rings. The number of esters is 1. The highest BCUT2D eigenvalue weighted by atomic mass is 79.9. The minimum atomic E-state index is -1.60. The number of halogens is 1. The number of hydrogen-bond acceptors (Lipinski definition) is 9. The number of carbonyl (C=O) groups is 6. The van der Waals surface area contributed by atoms with Crippen molar-refractivity contribution in [2.75, 3.05) is 23.7 Å². The molecule has 2 aromatic carbocycles. The van der Waals surface area contributed by atoms with Crippen molar-refractivity contribution in [2.24, 2.45) is 5.92 Å². The third-order valence-electron chi connectivity index (χ3n) is 9.38. The van der Waals surface area contributed by atoms with E-state index < -0.39 is 64.4 Å². The van der Waals surface area contributed by atoms with Crippen molar-refractivity contribution < 1.29 is 38.2 Å². The lowest BCUT2D eigenvalue weighted by Crippen LogP contribution is -2.65. The fraction of sp³-hybridized carbons (Fsp3) is 0.542. The number of ether oxygens (including phenoxy) is 2. The zero-order valence-electron chi connectivity index (χ0n) is 39.3. The zero-order valence-corrected chi connectivity index (χ0v) is 40.9. The molecule has 15 heteroatoms. The highest BCUT2D eigenvalue weighted by molar-refractivity contribution is 9.09. The van der Waals surface area contributed by atoms with Gasteiger partial charge in [-0.2, -0.15) is 0 Å². The molecule has 5 N–H and O–H groups in total. The smallest absolute Gasteiger partial charge is 0.329 e. The van der Waals surface area contributed by atoms with Gasteiger partial charge in [0, 0.05) is 25.2 Å². The molecule has 0 aliphatic carbocycles. The van der Waals surface area contributed by atoms with Crippen LogP contribution in [0.1, 0.15) is 101 Å². The average molecular weight is 940 g/mol. The van der Waals surface area contributed by atoms with E-state index in [0.29, 0.717) is 36.5 Å². The number of anilines is 1. The molecule has 0 radical (unpaired) electrons. The monoisotopic (exact) mass is 938 g/mol. The van der Waals surface area contributed by atoms with Crippen LogP contribution < -0.4 is 31.3 Å². The Hall–Kier alpha value is -5.02. The van der Waals surface area contributed by atoms with E-state index in [-0.39, 0.29) is 35.6 Å². The predicted octanol–water partition coefficient (Wildman–Crippen LogP) is 6.17. The van der Waals surface area contributed by atoms with Gasteiger partial charge < -0.3 is 36.1 Å². The summed E-state index contributed by atoms with van der Waals surface area (Å²) in [5.74, 6) is -2.56. The van der Waals surface area contributed by atoms with Crippen molar-refractivity contribution in [3.05, 3.63) is 85.0 Å². The summed E-state index contributed by atoms with van der Waals surface area (Å²) in [4.78, 5) is 83.5. The van der Waals surface area contributed by atoms with Crippen molar-refractivity contribution in [1.82, 2.24) is 26.2 Å². The van der Waals surface area contributed by atoms with Gasteiger partial charge in [-0.25, -0.2) is 4.79 Å². The Morgan fingerprint density at radius 2 is 1.21 bits per heavy atom. The van der Waals surface area contributed by atoms with Crippen molar-refractivity contribution in [2.45, 2.75) is 143 Å². The van der Waals surface area contributed by atoms with E-state index in [0.717, 1.165) is 5.56 Å². The summed E-state index contributed by atoms with van der Waals surface area (Å²) in [7, 11) is 0. The van der Waals surface area contributed by atoms with Gasteiger partial charge in [-0.3, -0.25) is 28.9 Å². The van der Waals surface area contributed by atoms with E-state index in [1.54, 1.807) is 71.0 Å². The quantitative estimate of drug-likeness (QED) is 0.0494. The van der Waals surface area contributed by atoms with Crippen LogP contribution in [0.4, 0.5) is 5.69 Å². The summed E-state index contributed by atoms with van der Waals surface area (Å²) in [6.45, 7) is 29.4. The van der Waals surface area contributed by atoms with Gasteiger partial charge in [0.05, 0.1) is 11.4 Å². The van der Waals surface area contributed by atoms with Crippen molar-refractivity contribution in [3.8, 4) is 5.75 Å². The van der Waals surface area contributed by atoms with Gasteiger partial charge in [-0.1, -0.05) is 66.2 Å². The topological polar surface area (TPSA) is 184 Å². The molecule has 2 rings (SSSR count). The summed E-state index contributed by atoms with van der Waals surface area (Å²) < 4.78 is 11.6. The maximum Gasteiger partial charge on any atom is 0.329 e. The first kappa shape index (κ1) is 54.1. The van der Waals surface area contributed by atoms with Crippen LogP contribution in [0.2, 0.25) is 0 Å². The molecule has 14 nitrogen and oxygen atoms in total. The van der Waals surface area contributed by atoms with Crippen LogP contribution in [-0.4, -0.2) is 99.2 Å². The van der Waals surface area contributed by atoms with E-state index in [4.69, 9.17) is 9.47 Å².